The van der Waals surface area contributed by atoms with Gasteiger partial charge in [-0.1, -0.05) is 0 Å². The molecule has 0 bridgehead atoms. The van der Waals surface area contributed by atoms with Crippen molar-refractivity contribution in [2.24, 2.45) is 0 Å². The maximum Gasteiger partial charge on any atom is 0.303 e. The summed E-state index contributed by atoms with van der Waals surface area (Å²) in [5, 5.41) is 35.1. The molecular formula is C22H26I9O7-. The van der Waals surface area contributed by atoms with Crippen molar-refractivity contribution in [1.29, 1.82) is 0 Å². The number of aliphatic hydroxyl groups excluding tert-OH is 1. The molecule has 2 rings (SSSR count). The minimum absolute atomic E-state index is 0.122. The zero-order chi connectivity index (χ0) is 30.3. The maximum atomic E-state index is 11.2. The van der Waals surface area contributed by atoms with Crippen LogP contribution in [0, 0.1) is 14.3 Å². The van der Waals surface area contributed by atoms with Crippen LogP contribution in [0.15, 0.2) is 24.3 Å². The fraction of sp³-hybridized carbons (Fsp3) is 0.364. The molecule has 2 aromatic rings. The molecule has 0 spiro atoms. The molecule has 0 aliphatic carbocycles. The van der Waals surface area contributed by atoms with Crippen molar-refractivity contribution >= 4 is 177 Å². The van der Waals surface area contributed by atoms with Crippen LogP contribution >= 0.6 is 165 Å². The van der Waals surface area contributed by atoms with Crippen LogP contribution in [-0.2, 0) is 27.2 Å². The summed E-state index contributed by atoms with van der Waals surface area (Å²) >= 11 is 17.8. The molecule has 0 saturated carbocycles. The van der Waals surface area contributed by atoms with Crippen molar-refractivity contribution in [2.75, 3.05) is 13.2 Å². The number of carboxylic acid groups (broad SMARTS) is 1. The average Bonchev–Trinajstić information content (AvgIpc) is 2.86. The number of aromatic hydroxyl groups is 2. The molecule has 0 atom stereocenters. The molecule has 220 valence electrons. The smallest absolute Gasteiger partial charge is 0.303 e. The molecular weight excluding hydrogens is 1520 g/mol. The second kappa shape index (κ2) is 30.5. The van der Waals surface area contributed by atoms with Crippen molar-refractivity contribution in [2.45, 2.75) is 39.5 Å². The minimum atomic E-state index is -0.803. The molecule has 4 N–H and O–H groups in total. The molecule has 2 aromatic carbocycles. The number of aliphatic carboxylic acids is 1. The van der Waals surface area contributed by atoms with E-state index >= 15 is 0 Å². The number of aliphatic hydroxyl groups is 1. The van der Waals surface area contributed by atoms with Crippen molar-refractivity contribution in [3.05, 3.63) is 49.7 Å². The van der Waals surface area contributed by atoms with Crippen molar-refractivity contribution in [3.8, 4) is 11.5 Å². The summed E-state index contributed by atoms with van der Waals surface area (Å²) in [5.41, 5.74) is 1.98. The summed E-state index contributed by atoms with van der Waals surface area (Å²) in [6, 6.07) is 7.39. The zero-order valence-electron chi connectivity index (χ0n) is 20.0. The molecule has 0 aromatic heterocycles. The van der Waals surface area contributed by atoms with Gasteiger partial charge in [-0.2, -0.15) is 0 Å². The number of carbonyl (C=O) groups excluding carboxylic acids is 1. The summed E-state index contributed by atoms with van der Waals surface area (Å²) in [7, 11) is 0. The van der Waals surface area contributed by atoms with Crippen LogP contribution in [0.1, 0.15) is 37.8 Å². The standard InChI is InChI=1S/C11H12I2O3.C9H8I2O3.C2H6O.I3.I2/c1-2-16-10(14)4-3-7-5-8(12)11(15)9(13)6-7;10-6-3-5(1-2-8(12)13)4-7(11)9(6)14;1-2-3;1-3-2;1-2/h5-6,15H,2-4H2,1H3;3-4,14H,1-2H2,(H,12,13);3H,2H2,1H3;;/q;;;-1;. The molecule has 7 nitrogen and oxygen atoms in total. The quantitative estimate of drug-likeness (QED) is 0.191. The summed E-state index contributed by atoms with van der Waals surface area (Å²) < 4.78 is 7.99. The van der Waals surface area contributed by atoms with Gasteiger partial charge >= 0.3 is 62.4 Å². The van der Waals surface area contributed by atoms with Gasteiger partial charge in [-0.25, -0.2) is 0 Å². The Kier molecular flexibility index (Phi) is 36.9. The number of aryl methyl sites for hydroxylation is 2. The number of hydrogen-bond donors (Lipinski definition) is 4. The molecule has 0 amide bonds. The van der Waals surface area contributed by atoms with E-state index in [-0.39, 0.29) is 24.7 Å². The van der Waals surface area contributed by atoms with Gasteiger partial charge in [-0.3, -0.25) is 9.59 Å². The summed E-state index contributed by atoms with van der Waals surface area (Å²) in [6.07, 6.45) is 1.65. The number of carbonyl (C=O) groups is 2. The van der Waals surface area contributed by atoms with E-state index in [9.17, 15) is 19.8 Å². The number of esters is 1. The van der Waals surface area contributed by atoms with Gasteiger partial charge in [-0.15, -0.1) is 0 Å². The third kappa shape index (κ3) is 24.9. The van der Waals surface area contributed by atoms with Gasteiger partial charge in [0.1, 0.15) is 11.5 Å². The van der Waals surface area contributed by atoms with Crippen LogP contribution < -0.4 is 13.3 Å². The van der Waals surface area contributed by atoms with Crippen LogP contribution in [0.3, 0.4) is 0 Å². The van der Waals surface area contributed by atoms with Gasteiger partial charge in [0.15, 0.2) is 0 Å². The van der Waals surface area contributed by atoms with Crippen LogP contribution in [-0.4, -0.2) is 45.6 Å². The first-order valence-electron chi connectivity index (χ1n) is 10.2. The fourth-order valence-electron chi connectivity index (χ4n) is 2.26. The number of rotatable bonds is 7. The second-order valence-electron chi connectivity index (χ2n) is 6.39. The van der Waals surface area contributed by atoms with Gasteiger partial charge in [0.2, 0.25) is 0 Å². The third-order valence-electron chi connectivity index (χ3n) is 3.70. The zero-order valence-corrected chi connectivity index (χ0v) is 39.4. The first kappa shape index (κ1) is 45.9. The topological polar surface area (TPSA) is 124 Å². The van der Waals surface area contributed by atoms with E-state index in [4.69, 9.17) is 14.9 Å². The van der Waals surface area contributed by atoms with Crippen LogP contribution in [0.4, 0.5) is 0 Å². The molecule has 0 aliphatic rings. The largest absolute Gasteiger partial charge is 0.506 e. The Morgan fingerprint density at radius 1 is 0.789 bits per heavy atom. The minimum Gasteiger partial charge on any atom is -0.506 e. The van der Waals surface area contributed by atoms with E-state index in [1.807, 2.05) is 57.3 Å². The van der Waals surface area contributed by atoms with Crippen molar-refractivity contribution in [1.82, 2.24) is 0 Å². The van der Waals surface area contributed by atoms with E-state index in [1.165, 1.54) is 0 Å². The van der Waals surface area contributed by atoms with Gasteiger partial charge in [0.25, 0.3) is 0 Å². The number of benzene rings is 2. The predicted molar refractivity (Wildman–Crippen MR) is 217 cm³/mol. The molecule has 0 unspecified atom stereocenters. The summed E-state index contributed by atoms with van der Waals surface area (Å²) in [4.78, 5) is 21.5. The van der Waals surface area contributed by atoms with Gasteiger partial charge in [0.05, 0.1) is 20.9 Å². The van der Waals surface area contributed by atoms with Gasteiger partial charge < -0.3 is 25.2 Å². The van der Waals surface area contributed by atoms with E-state index in [1.54, 1.807) is 26.0 Å². The van der Waals surface area contributed by atoms with Gasteiger partial charge in [0, 0.05) is 56.7 Å². The summed E-state index contributed by atoms with van der Waals surface area (Å²) in [6.45, 7) is 4.15. The number of phenolic OH excluding ortho intramolecular Hbond substituents is 2. The third-order valence-corrected chi connectivity index (χ3v) is 6.99. The van der Waals surface area contributed by atoms with E-state index in [0.717, 1.165) is 25.4 Å². The average molecular weight is 1540 g/mol. The Labute approximate surface area is 331 Å². The molecule has 0 saturated heterocycles. The van der Waals surface area contributed by atoms with E-state index < -0.39 is 5.97 Å². The molecule has 0 heterocycles. The molecule has 16 heteroatoms. The first-order chi connectivity index (χ1) is 17.9. The normalized spacial score (nSPS) is 9.24. The molecule has 0 fully saturated rings. The Bertz CT molecular complexity index is 899. The first-order valence-corrected chi connectivity index (χ1v) is 33.4. The number of phenols is 2. The Balaban J connectivity index is -0.000000508. The van der Waals surface area contributed by atoms with Crippen LogP contribution in [0.2, 0.25) is 0 Å². The number of halogens is 9. The Hall–Kier alpha value is 3.51. The monoisotopic (exact) mass is 1540 g/mol. The Morgan fingerprint density at radius 2 is 1.08 bits per heavy atom. The fourth-order valence-corrected chi connectivity index (χ4v) is 6.05. The maximum absolute atomic E-state index is 11.2. The van der Waals surface area contributed by atoms with Crippen LogP contribution in [0.5, 0.6) is 11.5 Å². The second-order valence-corrected chi connectivity index (χ2v) is 27.3. The number of hydrogen-bond acceptors (Lipinski definition) is 6. The van der Waals surface area contributed by atoms with Gasteiger partial charge in [-0.05, 0) is 152 Å². The molecule has 38 heavy (non-hydrogen) atoms. The van der Waals surface area contributed by atoms with E-state index in [0.29, 0.717) is 44.9 Å². The van der Waals surface area contributed by atoms with Crippen molar-refractivity contribution < 1.29 is 48.0 Å². The number of ether oxygens (including phenoxy) is 1. The Morgan fingerprint density at radius 3 is 1.34 bits per heavy atom. The SMILES string of the molecule is CCO.CCOC(=O)CCc1cc(I)c(O)c(I)c1.II.I[I-]I.O=C(O)CCc1cc(I)c(O)c(I)c1. The van der Waals surface area contributed by atoms with Crippen LogP contribution in [0.25, 0.3) is 0 Å². The van der Waals surface area contributed by atoms with Crippen molar-refractivity contribution in [3.63, 3.8) is 0 Å². The molecule has 0 aliphatic heterocycles. The predicted octanol–water partition coefficient (Wildman–Crippen LogP) is 6.26. The molecule has 0 radical (unpaired) electrons. The summed E-state index contributed by atoms with van der Waals surface area (Å²) in [5.74, 6) is -0.407. The van der Waals surface area contributed by atoms with E-state index in [2.05, 4.69) is 120 Å². The number of carboxylic acids is 1.